The molecule has 1 aromatic carbocycles. The standard InChI is InChI=1S/C9H8BrClO3/c10-6-4-8(12)5(3-7(6)11)1-2-9(13)14/h3-4,12H,1-2H2,(H,13,14). The summed E-state index contributed by atoms with van der Waals surface area (Å²) in [5.41, 5.74) is 0.542. The first-order valence-electron chi connectivity index (χ1n) is 3.89. The molecule has 0 bridgehead atoms. The number of rotatable bonds is 3. The van der Waals surface area contributed by atoms with E-state index in [1.54, 1.807) is 6.07 Å². The van der Waals surface area contributed by atoms with Crippen molar-refractivity contribution in [1.29, 1.82) is 0 Å². The van der Waals surface area contributed by atoms with Gasteiger partial charge >= 0.3 is 5.97 Å². The molecule has 0 unspecified atom stereocenters. The minimum absolute atomic E-state index is 0.0223. The van der Waals surface area contributed by atoms with E-state index in [9.17, 15) is 9.90 Å². The van der Waals surface area contributed by atoms with Crippen molar-refractivity contribution in [2.45, 2.75) is 12.8 Å². The van der Waals surface area contributed by atoms with Crippen LogP contribution in [0.3, 0.4) is 0 Å². The summed E-state index contributed by atoms with van der Waals surface area (Å²) in [7, 11) is 0. The Morgan fingerprint density at radius 1 is 1.50 bits per heavy atom. The maximum absolute atomic E-state index is 10.3. The third kappa shape index (κ3) is 2.89. The summed E-state index contributed by atoms with van der Waals surface area (Å²) in [5, 5.41) is 18.4. The Hall–Kier alpha value is -0.740. The number of phenols is 1. The number of hydrogen-bond donors (Lipinski definition) is 2. The molecule has 0 heterocycles. The molecule has 0 aliphatic rings. The van der Waals surface area contributed by atoms with Crippen LogP contribution < -0.4 is 0 Å². The summed E-state index contributed by atoms with van der Waals surface area (Å²) in [6.07, 6.45) is 0.250. The van der Waals surface area contributed by atoms with E-state index in [2.05, 4.69) is 15.9 Å². The molecule has 0 amide bonds. The second kappa shape index (κ2) is 4.66. The summed E-state index contributed by atoms with van der Waals surface area (Å²) in [6.45, 7) is 0. The van der Waals surface area contributed by atoms with Crippen LogP contribution in [-0.2, 0) is 11.2 Å². The second-order valence-corrected chi connectivity index (χ2v) is 4.05. The molecule has 5 heteroatoms. The first-order valence-corrected chi connectivity index (χ1v) is 5.06. The lowest BCUT2D eigenvalue weighted by atomic mass is 10.1. The molecule has 3 nitrogen and oxygen atoms in total. The quantitative estimate of drug-likeness (QED) is 0.894. The van der Waals surface area contributed by atoms with E-state index in [4.69, 9.17) is 16.7 Å². The van der Waals surface area contributed by atoms with Gasteiger partial charge in [-0.3, -0.25) is 4.79 Å². The van der Waals surface area contributed by atoms with Crippen molar-refractivity contribution in [3.63, 3.8) is 0 Å². The maximum Gasteiger partial charge on any atom is 0.303 e. The highest BCUT2D eigenvalue weighted by Gasteiger charge is 2.07. The average molecular weight is 280 g/mol. The number of halogens is 2. The summed E-state index contributed by atoms with van der Waals surface area (Å²) in [5.74, 6) is -0.842. The summed E-state index contributed by atoms with van der Waals surface area (Å²) in [6, 6.07) is 3.02. The number of hydrogen-bond acceptors (Lipinski definition) is 2. The van der Waals surface area contributed by atoms with E-state index < -0.39 is 5.97 Å². The van der Waals surface area contributed by atoms with Gasteiger partial charge in [0.05, 0.1) is 5.02 Å². The molecule has 0 spiro atoms. The fourth-order valence-electron chi connectivity index (χ4n) is 1.02. The number of carboxylic acid groups (broad SMARTS) is 1. The molecule has 2 N–H and O–H groups in total. The Morgan fingerprint density at radius 3 is 2.71 bits per heavy atom. The third-order valence-electron chi connectivity index (χ3n) is 1.73. The van der Waals surface area contributed by atoms with Crippen LogP contribution in [0.25, 0.3) is 0 Å². The van der Waals surface area contributed by atoms with E-state index in [0.717, 1.165) is 0 Å². The predicted molar refractivity (Wildman–Crippen MR) is 56.8 cm³/mol. The van der Waals surface area contributed by atoms with E-state index in [0.29, 0.717) is 15.1 Å². The number of benzene rings is 1. The highest BCUT2D eigenvalue weighted by molar-refractivity contribution is 9.10. The Labute approximate surface area is 94.4 Å². The molecule has 76 valence electrons. The van der Waals surface area contributed by atoms with Crippen molar-refractivity contribution in [3.8, 4) is 5.75 Å². The van der Waals surface area contributed by atoms with Gasteiger partial charge in [-0.15, -0.1) is 0 Å². The third-order valence-corrected chi connectivity index (χ3v) is 2.93. The van der Waals surface area contributed by atoms with Gasteiger partial charge in [0.25, 0.3) is 0 Å². The van der Waals surface area contributed by atoms with Gasteiger partial charge in [-0.25, -0.2) is 0 Å². The van der Waals surface area contributed by atoms with Crippen molar-refractivity contribution < 1.29 is 15.0 Å². The molecule has 0 aliphatic heterocycles. The Bertz CT molecular complexity index is 365. The molecule has 1 rings (SSSR count). The largest absolute Gasteiger partial charge is 0.508 e. The van der Waals surface area contributed by atoms with Gasteiger partial charge in [0.15, 0.2) is 0 Å². The van der Waals surface area contributed by atoms with Crippen molar-refractivity contribution in [2.24, 2.45) is 0 Å². The van der Waals surface area contributed by atoms with Gasteiger partial charge in [-0.05, 0) is 40.0 Å². The lowest BCUT2D eigenvalue weighted by Crippen LogP contribution is -1.97. The fraction of sp³-hybridized carbons (Fsp3) is 0.222. The number of phenolic OH excluding ortho intramolecular Hbond substituents is 1. The molecule has 0 aromatic heterocycles. The van der Waals surface area contributed by atoms with Crippen LogP contribution in [-0.4, -0.2) is 16.2 Å². The highest BCUT2D eigenvalue weighted by atomic mass is 79.9. The van der Waals surface area contributed by atoms with E-state index in [1.165, 1.54) is 6.07 Å². The van der Waals surface area contributed by atoms with Crippen LogP contribution >= 0.6 is 27.5 Å². The van der Waals surface area contributed by atoms with Crippen molar-refractivity contribution in [2.75, 3.05) is 0 Å². The topological polar surface area (TPSA) is 57.5 Å². The fourth-order valence-corrected chi connectivity index (χ4v) is 1.54. The van der Waals surface area contributed by atoms with E-state index in [-0.39, 0.29) is 18.6 Å². The monoisotopic (exact) mass is 278 g/mol. The molecule has 1 aromatic rings. The van der Waals surface area contributed by atoms with Crippen LogP contribution in [0.4, 0.5) is 0 Å². The van der Waals surface area contributed by atoms with Crippen LogP contribution in [0, 0.1) is 0 Å². The first-order chi connectivity index (χ1) is 6.50. The van der Waals surface area contributed by atoms with Gasteiger partial charge < -0.3 is 10.2 Å². The Balaban J connectivity index is 2.87. The van der Waals surface area contributed by atoms with Gasteiger partial charge in [0.2, 0.25) is 0 Å². The van der Waals surface area contributed by atoms with Crippen LogP contribution in [0.1, 0.15) is 12.0 Å². The molecule has 14 heavy (non-hydrogen) atoms. The number of carbonyl (C=O) groups is 1. The molecule has 0 radical (unpaired) electrons. The zero-order chi connectivity index (χ0) is 10.7. The second-order valence-electron chi connectivity index (χ2n) is 2.79. The first kappa shape index (κ1) is 11.3. The number of aliphatic carboxylic acids is 1. The Kier molecular flexibility index (Phi) is 3.77. The van der Waals surface area contributed by atoms with Crippen molar-refractivity contribution >= 4 is 33.5 Å². The molecule has 0 saturated heterocycles. The van der Waals surface area contributed by atoms with E-state index >= 15 is 0 Å². The van der Waals surface area contributed by atoms with Gasteiger partial charge in [-0.2, -0.15) is 0 Å². The zero-order valence-electron chi connectivity index (χ0n) is 7.13. The lowest BCUT2D eigenvalue weighted by molar-refractivity contribution is -0.136. The highest BCUT2D eigenvalue weighted by Crippen LogP contribution is 2.30. The van der Waals surface area contributed by atoms with Crippen LogP contribution in [0.15, 0.2) is 16.6 Å². The molecular weight excluding hydrogens is 271 g/mol. The molecule has 0 aliphatic carbocycles. The van der Waals surface area contributed by atoms with Gasteiger partial charge in [0, 0.05) is 10.9 Å². The van der Waals surface area contributed by atoms with Gasteiger partial charge in [-0.1, -0.05) is 11.6 Å². The average Bonchev–Trinajstić information content (AvgIpc) is 2.09. The predicted octanol–water partition coefficient (Wildman–Crippen LogP) is 2.83. The van der Waals surface area contributed by atoms with Gasteiger partial charge in [0.1, 0.15) is 5.75 Å². The minimum Gasteiger partial charge on any atom is -0.508 e. The smallest absolute Gasteiger partial charge is 0.303 e. The Morgan fingerprint density at radius 2 is 2.14 bits per heavy atom. The van der Waals surface area contributed by atoms with Crippen molar-refractivity contribution in [3.05, 3.63) is 27.2 Å². The lowest BCUT2D eigenvalue weighted by Gasteiger charge is -2.04. The number of aryl methyl sites for hydroxylation is 1. The molecule has 0 atom stereocenters. The van der Waals surface area contributed by atoms with E-state index in [1.807, 2.05) is 0 Å². The summed E-state index contributed by atoms with van der Waals surface area (Å²) in [4.78, 5) is 10.3. The van der Waals surface area contributed by atoms with Crippen LogP contribution in [0.2, 0.25) is 5.02 Å². The SMILES string of the molecule is O=C(O)CCc1cc(Cl)c(Br)cc1O. The number of aromatic hydroxyl groups is 1. The summed E-state index contributed by atoms with van der Waals surface area (Å²) >= 11 is 8.95. The molecule has 0 fully saturated rings. The zero-order valence-corrected chi connectivity index (χ0v) is 9.47. The maximum atomic E-state index is 10.3. The van der Waals surface area contributed by atoms with Crippen LogP contribution in [0.5, 0.6) is 5.75 Å². The minimum atomic E-state index is -0.900. The normalized spacial score (nSPS) is 10.1. The summed E-state index contributed by atoms with van der Waals surface area (Å²) < 4.78 is 0.593. The molecule has 0 saturated carbocycles. The van der Waals surface area contributed by atoms with Crippen molar-refractivity contribution in [1.82, 2.24) is 0 Å². The number of carboxylic acids is 1. The molecular formula is C9H8BrClO3.